The summed E-state index contributed by atoms with van der Waals surface area (Å²) in [4.78, 5) is 0. The standard InChI is InChI=1S/C7H4ClN2S/c8-4-5-1-2-6-7(3-5)10-11-9-6/h2-3H,4H2. The van der Waals surface area contributed by atoms with Crippen LogP contribution in [0.15, 0.2) is 12.1 Å². The van der Waals surface area contributed by atoms with Gasteiger partial charge in [-0.3, -0.25) is 0 Å². The van der Waals surface area contributed by atoms with E-state index in [2.05, 4.69) is 14.8 Å². The van der Waals surface area contributed by atoms with Gasteiger partial charge >= 0.3 is 0 Å². The average molecular weight is 184 g/mol. The molecular formula is C7H4ClN2S. The Hall–Kier alpha value is -0.670. The Morgan fingerprint density at radius 2 is 2.27 bits per heavy atom. The van der Waals surface area contributed by atoms with E-state index in [-0.39, 0.29) is 0 Å². The van der Waals surface area contributed by atoms with Crippen molar-refractivity contribution in [2.45, 2.75) is 5.88 Å². The second-order valence-electron chi connectivity index (χ2n) is 2.13. The fourth-order valence-electron chi connectivity index (χ4n) is 0.847. The minimum Gasteiger partial charge on any atom is -0.173 e. The third kappa shape index (κ3) is 1.21. The number of nitrogens with zero attached hydrogens (tertiary/aromatic N) is 2. The van der Waals surface area contributed by atoms with E-state index in [0.717, 1.165) is 16.6 Å². The lowest BCUT2D eigenvalue weighted by molar-refractivity contribution is 1.40. The van der Waals surface area contributed by atoms with Crippen LogP contribution in [0, 0.1) is 6.07 Å². The highest BCUT2D eigenvalue weighted by molar-refractivity contribution is 7.00. The van der Waals surface area contributed by atoms with E-state index in [1.165, 1.54) is 11.7 Å². The molecule has 2 nitrogen and oxygen atoms in total. The first-order valence-corrected chi connectivity index (χ1v) is 4.35. The van der Waals surface area contributed by atoms with E-state index in [1.807, 2.05) is 12.1 Å². The molecule has 1 aromatic heterocycles. The van der Waals surface area contributed by atoms with Crippen LogP contribution in [0.2, 0.25) is 0 Å². The van der Waals surface area contributed by atoms with Gasteiger partial charge in [-0.05, 0) is 23.8 Å². The molecule has 0 unspecified atom stereocenters. The van der Waals surface area contributed by atoms with Crippen LogP contribution >= 0.6 is 23.3 Å². The van der Waals surface area contributed by atoms with Gasteiger partial charge in [0.2, 0.25) is 0 Å². The smallest absolute Gasteiger partial charge is 0.105 e. The largest absolute Gasteiger partial charge is 0.173 e. The quantitative estimate of drug-likeness (QED) is 0.634. The van der Waals surface area contributed by atoms with Crippen molar-refractivity contribution in [2.75, 3.05) is 0 Å². The van der Waals surface area contributed by atoms with Crippen molar-refractivity contribution < 1.29 is 0 Å². The van der Waals surface area contributed by atoms with Crippen LogP contribution in [-0.4, -0.2) is 8.75 Å². The van der Waals surface area contributed by atoms with Gasteiger partial charge in [0.1, 0.15) is 11.0 Å². The van der Waals surface area contributed by atoms with Gasteiger partial charge in [0.25, 0.3) is 0 Å². The summed E-state index contributed by atoms with van der Waals surface area (Å²) < 4.78 is 8.13. The van der Waals surface area contributed by atoms with Gasteiger partial charge in [-0.25, -0.2) is 0 Å². The summed E-state index contributed by atoms with van der Waals surface area (Å²) in [5.41, 5.74) is 2.76. The summed E-state index contributed by atoms with van der Waals surface area (Å²) in [6.45, 7) is 0. The summed E-state index contributed by atoms with van der Waals surface area (Å²) >= 11 is 6.83. The molecule has 0 aliphatic rings. The lowest BCUT2D eigenvalue weighted by Gasteiger charge is -1.90. The summed E-state index contributed by atoms with van der Waals surface area (Å²) in [5, 5.41) is 0. The van der Waals surface area contributed by atoms with Gasteiger partial charge in [-0.15, -0.1) is 11.6 Å². The highest BCUT2D eigenvalue weighted by Crippen LogP contribution is 2.13. The second-order valence-corrected chi connectivity index (χ2v) is 2.92. The topological polar surface area (TPSA) is 25.8 Å². The van der Waals surface area contributed by atoms with Gasteiger partial charge in [-0.1, -0.05) is 0 Å². The number of halogens is 1. The van der Waals surface area contributed by atoms with Crippen molar-refractivity contribution in [3.8, 4) is 0 Å². The number of fused-ring (bicyclic) bond motifs is 1. The minimum absolute atomic E-state index is 0.480. The molecule has 0 aliphatic heterocycles. The molecule has 55 valence electrons. The molecule has 1 radical (unpaired) electrons. The third-order valence-electron chi connectivity index (χ3n) is 1.39. The first-order chi connectivity index (χ1) is 5.40. The summed E-state index contributed by atoms with van der Waals surface area (Å²) in [5.74, 6) is 0.480. The van der Waals surface area contributed by atoms with Crippen LogP contribution in [0.4, 0.5) is 0 Å². The van der Waals surface area contributed by atoms with E-state index in [1.54, 1.807) is 0 Å². The van der Waals surface area contributed by atoms with Gasteiger partial charge in [0.15, 0.2) is 0 Å². The fourth-order valence-corrected chi connectivity index (χ4v) is 1.51. The van der Waals surface area contributed by atoms with Gasteiger partial charge < -0.3 is 0 Å². The Morgan fingerprint density at radius 1 is 1.45 bits per heavy atom. The van der Waals surface area contributed by atoms with E-state index < -0.39 is 0 Å². The Morgan fingerprint density at radius 3 is 3.09 bits per heavy atom. The highest BCUT2D eigenvalue weighted by Gasteiger charge is 1.98. The number of benzene rings is 1. The Kier molecular flexibility index (Phi) is 1.75. The lowest BCUT2D eigenvalue weighted by atomic mass is 10.2. The molecule has 0 saturated heterocycles. The summed E-state index contributed by atoms with van der Waals surface area (Å²) in [7, 11) is 0. The van der Waals surface area contributed by atoms with Gasteiger partial charge in [0.05, 0.1) is 11.7 Å². The number of hydrogen-bond donors (Lipinski definition) is 0. The molecule has 1 aromatic carbocycles. The summed E-state index contributed by atoms with van der Waals surface area (Å²) in [6.07, 6.45) is 0. The van der Waals surface area contributed by atoms with Crippen LogP contribution < -0.4 is 0 Å². The number of hydrogen-bond acceptors (Lipinski definition) is 3. The monoisotopic (exact) mass is 183 g/mol. The molecule has 0 bridgehead atoms. The molecule has 0 atom stereocenters. The minimum atomic E-state index is 0.480. The second kappa shape index (κ2) is 2.75. The molecular weight excluding hydrogens is 180 g/mol. The Bertz CT molecular complexity index is 371. The zero-order valence-electron chi connectivity index (χ0n) is 5.54. The molecule has 1 heterocycles. The zero-order chi connectivity index (χ0) is 7.68. The van der Waals surface area contributed by atoms with Crippen molar-refractivity contribution in [3.05, 3.63) is 23.8 Å². The van der Waals surface area contributed by atoms with Crippen LogP contribution in [0.25, 0.3) is 11.0 Å². The van der Waals surface area contributed by atoms with Crippen molar-refractivity contribution in [1.29, 1.82) is 0 Å². The van der Waals surface area contributed by atoms with Crippen LogP contribution in [0.5, 0.6) is 0 Å². The van der Waals surface area contributed by atoms with Crippen LogP contribution in [0.1, 0.15) is 5.56 Å². The van der Waals surface area contributed by atoms with Gasteiger partial charge in [0, 0.05) is 5.88 Å². The van der Waals surface area contributed by atoms with E-state index in [9.17, 15) is 0 Å². The molecule has 0 N–H and O–H groups in total. The normalized spacial score (nSPS) is 10.6. The number of aromatic nitrogens is 2. The van der Waals surface area contributed by atoms with Crippen LogP contribution in [-0.2, 0) is 5.88 Å². The highest BCUT2D eigenvalue weighted by atomic mass is 35.5. The number of alkyl halides is 1. The zero-order valence-corrected chi connectivity index (χ0v) is 7.11. The first-order valence-electron chi connectivity index (χ1n) is 3.09. The van der Waals surface area contributed by atoms with E-state index in [0.29, 0.717) is 5.88 Å². The van der Waals surface area contributed by atoms with Crippen molar-refractivity contribution >= 4 is 34.4 Å². The maximum atomic E-state index is 5.62. The molecule has 0 fully saturated rings. The molecule has 2 rings (SSSR count). The Balaban J connectivity index is 2.67. The molecule has 11 heavy (non-hydrogen) atoms. The molecule has 2 aromatic rings. The molecule has 4 heteroatoms. The lowest BCUT2D eigenvalue weighted by Crippen LogP contribution is -1.77. The predicted molar refractivity (Wildman–Crippen MR) is 45.8 cm³/mol. The Labute approximate surface area is 73.1 Å². The predicted octanol–water partition coefficient (Wildman–Crippen LogP) is 2.23. The number of rotatable bonds is 1. The molecule has 0 saturated carbocycles. The maximum absolute atomic E-state index is 5.62. The fraction of sp³-hybridized carbons (Fsp3) is 0.143. The van der Waals surface area contributed by atoms with E-state index in [4.69, 9.17) is 11.6 Å². The maximum Gasteiger partial charge on any atom is 0.105 e. The van der Waals surface area contributed by atoms with Crippen LogP contribution in [0.3, 0.4) is 0 Å². The molecule has 0 aliphatic carbocycles. The average Bonchev–Trinajstić information content (AvgIpc) is 2.50. The summed E-state index contributed by atoms with van der Waals surface area (Å²) in [6, 6.07) is 6.74. The van der Waals surface area contributed by atoms with E-state index >= 15 is 0 Å². The third-order valence-corrected chi connectivity index (χ3v) is 2.23. The molecule has 0 amide bonds. The first kappa shape index (κ1) is 7.00. The molecule has 0 spiro atoms. The van der Waals surface area contributed by atoms with Crippen molar-refractivity contribution in [3.63, 3.8) is 0 Å². The van der Waals surface area contributed by atoms with Crippen molar-refractivity contribution in [1.82, 2.24) is 8.75 Å². The van der Waals surface area contributed by atoms with Gasteiger partial charge in [-0.2, -0.15) is 8.75 Å². The van der Waals surface area contributed by atoms with Crippen molar-refractivity contribution in [2.24, 2.45) is 0 Å². The SMILES string of the molecule is ClCc1[c]cc2nsnc2c1.